The van der Waals surface area contributed by atoms with Crippen LogP contribution in [-0.4, -0.2) is 47.7 Å². The molecule has 1 aliphatic heterocycles. The average molecular weight is 393 g/mol. The second kappa shape index (κ2) is 7.75. The van der Waals surface area contributed by atoms with Gasteiger partial charge in [-0.05, 0) is 44.7 Å². The number of nitrogens with one attached hydrogen (secondary N) is 1. The molecule has 7 nitrogen and oxygen atoms in total. The molecule has 2 aromatic heterocycles. The van der Waals surface area contributed by atoms with E-state index in [0.29, 0.717) is 23.8 Å². The molecule has 1 fully saturated rings. The molecule has 27 heavy (non-hydrogen) atoms. The fourth-order valence-corrected chi connectivity index (χ4v) is 4.97. The van der Waals surface area contributed by atoms with Gasteiger partial charge in [-0.2, -0.15) is 9.49 Å². The summed E-state index contributed by atoms with van der Waals surface area (Å²) >= 11 is 0. The third-order valence-electron chi connectivity index (χ3n) is 5.19. The first kappa shape index (κ1) is 19.5. The van der Waals surface area contributed by atoms with Crippen molar-refractivity contribution in [2.24, 2.45) is 13.0 Å². The number of urea groups is 1. The van der Waals surface area contributed by atoms with Crippen LogP contribution in [0.4, 0.5) is 14.9 Å². The Morgan fingerprint density at radius 2 is 2.00 bits per heavy atom. The lowest BCUT2D eigenvalue weighted by Gasteiger charge is -2.39. The first-order valence-electron chi connectivity index (χ1n) is 8.86. The number of carbonyl (C=O) groups is 1. The largest absolute Gasteiger partial charge is 0.325 e. The minimum atomic E-state index is -1.20. The number of hydrogen-bond donors (Lipinski definition) is 1. The highest BCUT2D eigenvalue weighted by atomic mass is 32.2. The molecule has 1 aliphatic rings. The number of nitrogens with zero attached hydrogens (tertiary/aromatic N) is 4. The van der Waals surface area contributed by atoms with Crippen LogP contribution in [0, 0.1) is 11.9 Å². The van der Waals surface area contributed by atoms with E-state index in [9.17, 15) is 13.4 Å². The van der Waals surface area contributed by atoms with Crippen molar-refractivity contribution in [2.75, 3.05) is 18.4 Å². The Bertz CT molecular complexity index is 846. The predicted octanol–water partition coefficient (Wildman–Crippen LogP) is 2.78. The van der Waals surface area contributed by atoms with Crippen LogP contribution < -0.4 is 5.32 Å². The van der Waals surface area contributed by atoms with Gasteiger partial charge in [-0.3, -0.25) is 8.89 Å². The van der Waals surface area contributed by atoms with Gasteiger partial charge in [0.15, 0.2) is 0 Å². The Morgan fingerprint density at radius 3 is 2.59 bits per heavy atom. The van der Waals surface area contributed by atoms with Gasteiger partial charge in [0, 0.05) is 42.8 Å². The summed E-state index contributed by atoms with van der Waals surface area (Å²) in [6.07, 6.45) is 4.48. The number of carbonyl (C=O) groups excluding carboxylic acids is 1. The number of anilines is 1. The molecular formula is C18H24FN5O2S. The van der Waals surface area contributed by atoms with Crippen LogP contribution in [0.2, 0.25) is 0 Å². The molecule has 0 bridgehead atoms. The summed E-state index contributed by atoms with van der Waals surface area (Å²) in [5, 5.41) is 7.51. The Balaban J connectivity index is 1.60. The molecule has 2 aromatic rings. The molecule has 1 N–H and O–H groups in total. The maximum absolute atomic E-state index is 13.2. The van der Waals surface area contributed by atoms with E-state index in [-0.39, 0.29) is 11.9 Å². The van der Waals surface area contributed by atoms with Crippen LogP contribution >= 0.6 is 0 Å². The maximum atomic E-state index is 13.2. The van der Waals surface area contributed by atoms with Crippen LogP contribution in [0.3, 0.4) is 0 Å². The fraction of sp³-hybridized carbons (Fsp3) is 0.500. The highest BCUT2D eigenvalue weighted by Crippen LogP contribution is 2.35. The molecule has 0 radical (unpaired) electrons. The highest BCUT2D eigenvalue weighted by Gasteiger charge is 2.39. The van der Waals surface area contributed by atoms with Gasteiger partial charge in [-0.1, -0.05) is 0 Å². The van der Waals surface area contributed by atoms with Crippen molar-refractivity contribution in [3.63, 3.8) is 0 Å². The Morgan fingerprint density at radius 1 is 1.30 bits per heavy atom. The molecule has 0 aliphatic carbocycles. The predicted molar refractivity (Wildman–Crippen MR) is 101 cm³/mol. The van der Waals surface area contributed by atoms with Crippen LogP contribution in [-0.2, 0) is 17.8 Å². The number of aryl methyl sites for hydroxylation is 1. The third-order valence-corrected chi connectivity index (χ3v) is 7.26. The van der Waals surface area contributed by atoms with Crippen LogP contribution in [0.15, 0.2) is 35.6 Å². The Hall–Kier alpha value is -2.29. The summed E-state index contributed by atoms with van der Waals surface area (Å²) in [6, 6.07) is 4.26. The van der Waals surface area contributed by atoms with Gasteiger partial charge in [0.25, 0.3) is 0 Å². The second-order valence-corrected chi connectivity index (χ2v) is 9.23. The Labute approximate surface area is 160 Å². The van der Waals surface area contributed by atoms with Gasteiger partial charge in [0.2, 0.25) is 5.95 Å². The van der Waals surface area contributed by atoms with Crippen molar-refractivity contribution < 1.29 is 13.4 Å². The highest BCUT2D eigenvalue weighted by molar-refractivity contribution is 7.86. The number of hydrogen-bond acceptors (Lipinski definition) is 4. The van der Waals surface area contributed by atoms with Crippen LogP contribution in [0.25, 0.3) is 0 Å². The molecule has 146 valence electrons. The molecule has 1 saturated heterocycles. The van der Waals surface area contributed by atoms with Crippen molar-refractivity contribution >= 4 is 22.5 Å². The lowest BCUT2D eigenvalue weighted by molar-refractivity contribution is 0.172. The SMILES string of the molecule is Cn1nccc1S(=O)C(C)(C)C1CCN(C(=O)Nc2ccnc(F)c2)CC1. The minimum Gasteiger partial charge on any atom is -0.325 e. The van der Waals surface area contributed by atoms with E-state index in [2.05, 4.69) is 15.4 Å². The van der Waals surface area contributed by atoms with Crippen molar-refractivity contribution in [2.45, 2.75) is 36.5 Å². The summed E-state index contributed by atoms with van der Waals surface area (Å²) < 4.78 is 27.4. The molecule has 0 saturated carbocycles. The lowest BCUT2D eigenvalue weighted by atomic mass is 9.86. The van der Waals surface area contributed by atoms with Crippen LogP contribution in [0.5, 0.6) is 0 Å². The van der Waals surface area contributed by atoms with Gasteiger partial charge in [0.05, 0.1) is 17.0 Å². The number of halogens is 1. The smallest absolute Gasteiger partial charge is 0.321 e. The zero-order valence-corrected chi connectivity index (χ0v) is 16.5. The topological polar surface area (TPSA) is 80.1 Å². The van der Waals surface area contributed by atoms with Gasteiger partial charge in [-0.15, -0.1) is 0 Å². The second-order valence-electron chi connectivity index (χ2n) is 7.22. The monoisotopic (exact) mass is 393 g/mol. The quantitative estimate of drug-likeness (QED) is 0.810. The molecule has 9 heteroatoms. The molecular weight excluding hydrogens is 369 g/mol. The zero-order valence-electron chi connectivity index (χ0n) is 15.7. The summed E-state index contributed by atoms with van der Waals surface area (Å²) in [5.41, 5.74) is 0.382. The lowest BCUT2D eigenvalue weighted by Crippen LogP contribution is -2.47. The van der Waals surface area contributed by atoms with E-state index in [1.165, 1.54) is 12.3 Å². The van der Waals surface area contributed by atoms with Gasteiger partial charge in [0.1, 0.15) is 5.03 Å². The first-order valence-corrected chi connectivity index (χ1v) is 10.0. The molecule has 3 rings (SSSR count). The fourth-order valence-electron chi connectivity index (χ4n) is 3.43. The van der Waals surface area contributed by atoms with E-state index in [0.717, 1.165) is 12.8 Å². The normalized spacial score (nSPS) is 17.0. The summed E-state index contributed by atoms with van der Waals surface area (Å²) in [7, 11) is 0.595. The van der Waals surface area contributed by atoms with E-state index >= 15 is 0 Å². The van der Waals surface area contributed by atoms with Crippen molar-refractivity contribution in [1.29, 1.82) is 0 Å². The number of pyridine rings is 1. The van der Waals surface area contributed by atoms with Gasteiger partial charge in [-0.25, -0.2) is 9.78 Å². The number of piperidine rings is 1. The Kier molecular flexibility index (Phi) is 5.59. The van der Waals surface area contributed by atoms with Crippen molar-refractivity contribution in [1.82, 2.24) is 19.7 Å². The summed E-state index contributed by atoms with van der Waals surface area (Å²) in [6.45, 7) is 5.15. The van der Waals surface area contributed by atoms with E-state index in [4.69, 9.17) is 0 Å². The van der Waals surface area contributed by atoms with Crippen molar-refractivity contribution in [3.8, 4) is 0 Å². The molecule has 2 amide bonds. The molecule has 1 atom stereocenters. The first-order chi connectivity index (χ1) is 12.8. The van der Waals surface area contributed by atoms with E-state index < -0.39 is 21.5 Å². The number of amides is 2. The molecule has 0 aromatic carbocycles. The zero-order chi connectivity index (χ0) is 19.6. The van der Waals surface area contributed by atoms with Crippen molar-refractivity contribution in [3.05, 3.63) is 36.5 Å². The van der Waals surface area contributed by atoms with E-state index in [1.807, 2.05) is 13.8 Å². The number of aromatic nitrogens is 3. The maximum Gasteiger partial charge on any atom is 0.321 e. The van der Waals surface area contributed by atoms with Crippen LogP contribution in [0.1, 0.15) is 26.7 Å². The summed E-state index contributed by atoms with van der Waals surface area (Å²) in [4.78, 5) is 17.6. The molecule has 3 heterocycles. The summed E-state index contributed by atoms with van der Waals surface area (Å²) in [5.74, 6) is -0.415. The average Bonchev–Trinajstić information content (AvgIpc) is 3.07. The third kappa shape index (κ3) is 4.18. The van der Waals surface area contributed by atoms with Gasteiger partial charge < -0.3 is 10.2 Å². The minimum absolute atomic E-state index is 0.218. The molecule has 0 spiro atoms. The number of likely N-dealkylation sites (tertiary alicyclic amines) is 1. The van der Waals surface area contributed by atoms with Gasteiger partial charge >= 0.3 is 6.03 Å². The standard InChI is InChI=1S/C18H24FN5O2S/c1-18(2,27(26)16-5-9-21-23(16)3)13-6-10-24(11-7-13)17(25)22-14-4-8-20-15(19)12-14/h4-5,8-9,12-13H,6-7,10-11H2,1-3H3,(H,20,22,25). The van der Waals surface area contributed by atoms with E-state index in [1.54, 1.807) is 35.0 Å². The number of rotatable bonds is 4. The molecule has 1 unspecified atom stereocenters.